The zero-order valence-corrected chi connectivity index (χ0v) is 10.7. The molecule has 6 heteroatoms. The van der Waals surface area contributed by atoms with Crippen molar-refractivity contribution in [1.29, 1.82) is 0 Å². The molecule has 0 aliphatic heterocycles. The largest absolute Gasteiger partial charge is 0.390 e. The fourth-order valence-corrected chi connectivity index (χ4v) is 1.79. The van der Waals surface area contributed by atoms with Crippen molar-refractivity contribution in [2.45, 2.75) is 38.9 Å². The number of aryl methyl sites for hydroxylation is 1. The maximum atomic E-state index is 13.6. The molecule has 1 aromatic carbocycles. The summed E-state index contributed by atoms with van der Waals surface area (Å²) in [5, 5.41) is 2.65. The highest BCUT2D eigenvalue weighted by atomic mass is 19.4. The summed E-state index contributed by atoms with van der Waals surface area (Å²) in [4.78, 5) is 0. The van der Waals surface area contributed by atoms with Gasteiger partial charge in [-0.2, -0.15) is 13.2 Å². The molecule has 1 atom stereocenters. The fraction of sp³-hybridized carbons (Fsp3) is 0.538. The molecule has 0 saturated carbocycles. The second kappa shape index (κ2) is 6.32. The minimum Gasteiger partial charge on any atom is -0.310 e. The van der Waals surface area contributed by atoms with E-state index in [1.54, 1.807) is 6.92 Å². The van der Waals surface area contributed by atoms with Crippen molar-refractivity contribution >= 4 is 0 Å². The van der Waals surface area contributed by atoms with Gasteiger partial charge in [0.05, 0.1) is 6.42 Å². The Kier molecular flexibility index (Phi) is 5.29. The second-order valence-corrected chi connectivity index (χ2v) is 4.45. The van der Waals surface area contributed by atoms with Crippen LogP contribution in [0, 0.1) is 18.6 Å². The first kappa shape index (κ1) is 15.9. The van der Waals surface area contributed by atoms with Gasteiger partial charge in [0, 0.05) is 17.7 Å². The molecule has 0 aromatic heterocycles. The molecule has 0 saturated heterocycles. The van der Waals surface area contributed by atoms with Crippen molar-refractivity contribution in [2.75, 3.05) is 6.54 Å². The molecular weight excluding hydrogens is 265 g/mol. The number of nitrogens with one attached hydrogen (secondary N) is 1. The van der Waals surface area contributed by atoms with E-state index in [-0.39, 0.29) is 11.1 Å². The van der Waals surface area contributed by atoms with Gasteiger partial charge in [0.2, 0.25) is 0 Å². The van der Waals surface area contributed by atoms with Crippen molar-refractivity contribution in [1.82, 2.24) is 5.32 Å². The van der Waals surface area contributed by atoms with Crippen molar-refractivity contribution < 1.29 is 22.0 Å². The molecule has 1 nitrogen and oxygen atoms in total. The predicted molar refractivity (Wildman–Crippen MR) is 62.8 cm³/mol. The maximum Gasteiger partial charge on any atom is 0.390 e. The summed E-state index contributed by atoms with van der Waals surface area (Å²) in [5.41, 5.74) is -0.0217. The molecule has 1 aromatic rings. The minimum atomic E-state index is -4.42. The molecule has 0 aliphatic rings. The zero-order chi connectivity index (χ0) is 14.6. The van der Waals surface area contributed by atoms with Crippen LogP contribution in [-0.4, -0.2) is 12.7 Å². The zero-order valence-electron chi connectivity index (χ0n) is 10.7. The minimum absolute atomic E-state index is 0.127. The normalized spacial score (nSPS) is 13.6. The van der Waals surface area contributed by atoms with Crippen molar-refractivity contribution in [3.63, 3.8) is 0 Å². The maximum absolute atomic E-state index is 13.6. The lowest BCUT2D eigenvalue weighted by molar-refractivity contribution is -0.140. The highest BCUT2D eigenvalue weighted by Gasteiger charge is 2.33. The Morgan fingerprint density at radius 1 is 1.16 bits per heavy atom. The van der Waals surface area contributed by atoms with E-state index in [1.165, 1.54) is 6.92 Å². The number of alkyl halides is 3. The molecule has 1 rings (SSSR count). The monoisotopic (exact) mass is 281 g/mol. The van der Waals surface area contributed by atoms with Crippen molar-refractivity contribution in [3.8, 4) is 0 Å². The Bertz CT molecular complexity index is 428. The third-order valence-corrected chi connectivity index (χ3v) is 2.73. The second-order valence-electron chi connectivity index (χ2n) is 4.45. The molecule has 0 bridgehead atoms. The lowest BCUT2D eigenvalue weighted by Crippen LogP contribution is -2.28. The van der Waals surface area contributed by atoms with Crippen LogP contribution in [0.3, 0.4) is 0 Å². The molecule has 0 aliphatic carbocycles. The Hall–Kier alpha value is -1.17. The summed E-state index contributed by atoms with van der Waals surface area (Å²) in [6, 6.07) is 0.560. The van der Waals surface area contributed by atoms with Crippen LogP contribution in [0.5, 0.6) is 0 Å². The van der Waals surface area contributed by atoms with E-state index < -0.39 is 30.3 Å². The van der Waals surface area contributed by atoms with Gasteiger partial charge in [-0.25, -0.2) is 8.78 Å². The van der Waals surface area contributed by atoms with E-state index in [4.69, 9.17) is 0 Å². The summed E-state index contributed by atoms with van der Waals surface area (Å²) in [6.45, 7) is 3.52. The Labute approximate surface area is 108 Å². The lowest BCUT2D eigenvalue weighted by atomic mass is 10.00. The first-order valence-corrected chi connectivity index (χ1v) is 6.00. The van der Waals surface area contributed by atoms with Gasteiger partial charge < -0.3 is 5.32 Å². The van der Waals surface area contributed by atoms with Crippen LogP contribution >= 0.6 is 0 Å². The van der Waals surface area contributed by atoms with Crippen LogP contribution in [0.2, 0.25) is 0 Å². The average molecular weight is 281 g/mol. The summed E-state index contributed by atoms with van der Waals surface area (Å²) in [6.07, 6.45) is -4.98. The Balaban J connectivity index is 3.06. The first-order valence-electron chi connectivity index (χ1n) is 6.00. The van der Waals surface area contributed by atoms with Crippen molar-refractivity contribution in [3.05, 3.63) is 34.9 Å². The van der Waals surface area contributed by atoms with Gasteiger partial charge >= 0.3 is 6.18 Å². The Morgan fingerprint density at radius 2 is 1.79 bits per heavy atom. The molecule has 1 unspecified atom stereocenters. The van der Waals surface area contributed by atoms with E-state index in [0.29, 0.717) is 19.0 Å². The van der Waals surface area contributed by atoms with E-state index in [1.807, 2.05) is 0 Å². The van der Waals surface area contributed by atoms with Crippen LogP contribution in [-0.2, 0) is 0 Å². The van der Waals surface area contributed by atoms with E-state index in [9.17, 15) is 22.0 Å². The fourth-order valence-electron chi connectivity index (χ4n) is 1.79. The molecule has 0 heterocycles. The summed E-state index contributed by atoms with van der Waals surface area (Å²) < 4.78 is 64.2. The average Bonchev–Trinajstić information content (AvgIpc) is 2.28. The summed E-state index contributed by atoms with van der Waals surface area (Å²) >= 11 is 0. The molecule has 1 N–H and O–H groups in total. The highest BCUT2D eigenvalue weighted by Crippen LogP contribution is 2.31. The number of halogens is 5. The summed E-state index contributed by atoms with van der Waals surface area (Å²) in [7, 11) is 0. The van der Waals surface area contributed by atoms with Crippen LogP contribution < -0.4 is 5.32 Å². The number of hydrogen-bond donors (Lipinski definition) is 1. The highest BCUT2D eigenvalue weighted by molar-refractivity contribution is 5.28. The van der Waals surface area contributed by atoms with Gasteiger partial charge in [-0.1, -0.05) is 6.92 Å². The molecule has 108 valence electrons. The molecule has 0 amide bonds. The van der Waals surface area contributed by atoms with Gasteiger partial charge in [-0.3, -0.25) is 0 Å². The topological polar surface area (TPSA) is 12.0 Å². The standard InChI is InChI=1S/C13H16F5N/c1-3-4-19-12(7-13(16,17)18)9-5-8(2)10(14)6-11(9)15/h5-6,12,19H,3-4,7H2,1-2H3. The van der Waals surface area contributed by atoms with Crippen molar-refractivity contribution in [2.24, 2.45) is 0 Å². The van der Waals surface area contributed by atoms with Crippen LogP contribution in [0.1, 0.15) is 36.9 Å². The number of hydrogen-bond acceptors (Lipinski definition) is 1. The number of benzene rings is 1. The first-order chi connectivity index (χ1) is 8.74. The smallest absolute Gasteiger partial charge is 0.310 e. The summed E-state index contributed by atoms with van der Waals surface area (Å²) in [5.74, 6) is -1.72. The molecule has 0 fully saturated rings. The van der Waals surface area contributed by atoms with Gasteiger partial charge in [0.25, 0.3) is 0 Å². The van der Waals surface area contributed by atoms with Gasteiger partial charge in [0.1, 0.15) is 11.6 Å². The SMILES string of the molecule is CCCNC(CC(F)(F)F)c1cc(C)c(F)cc1F. The lowest BCUT2D eigenvalue weighted by Gasteiger charge is -2.21. The van der Waals surface area contributed by atoms with E-state index in [0.717, 1.165) is 6.07 Å². The predicted octanol–water partition coefficient (Wildman–Crippen LogP) is 4.27. The van der Waals surface area contributed by atoms with Crippen LogP contribution in [0.15, 0.2) is 12.1 Å². The quantitative estimate of drug-likeness (QED) is 0.795. The van der Waals surface area contributed by atoms with Gasteiger partial charge in [-0.05, 0) is 31.5 Å². The number of rotatable bonds is 5. The third kappa shape index (κ3) is 4.78. The van der Waals surface area contributed by atoms with Gasteiger partial charge in [-0.15, -0.1) is 0 Å². The van der Waals surface area contributed by atoms with Gasteiger partial charge in [0.15, 0.2) is 0 Å². The molecule has 0 spiro atoms. The van der Waals surface area contributed by atoms with Crippen LogP contribution in [0.25, 0.3) is 0 Å². The molecular formula is C13H16F5N. The Morgan fingerprint density at radius 3 is 2.32 bits per heavy atom. The third-order valence-electron chi connectivity index (χ3n) is 2.73. The van der Waals surface area contributed by atoms with Crippen LogP contribution in [0.4, 0.5) is 22.0 Å². The van der Waals surface area contributed by atoms with E-state index in [2.05, 4.69) is 5.32 Å². The van der Waals surface area contributed by atoms with E-state index >= 15 is 0 Å². The molecule has 19 heavy (non-hydrogen) atoms. The molecule has 0 radical (unpaired) electrons.